The highest BCUT2D eigenvalue weighted by Gasteiger charge is 2.18. The largest absolute Gasteiger partial charge is 0.454 e. The van der Waals surface area contributed by atoms with Gasteiger partial charge in [-0.15, -0.1) is 0 Å². The summed E-state index contributed by atoms with van der Waals surface area (Å²) in [7, 11) is 0. The molecule has 0 aliphatic carbocycles. The number of aliphatic hydroxyl groups is 1. The number of ether oxygens (including phenoxy) is 2. The van der Waals surface area contributed by atoms with E-state index in [4.69, 9.17) is 9.47 Å². The zero-order valence-electron chi connectivity index (χ0n) is 17.0. The Labute approximate surface area is 182 Å². The molecule has 0 saturated carbocycles. The Kier molecular flexibility index (Phi) is 5.08. The molecule has 9 nitrogen and oxygen atoms in total. The molecule has 5 rings (SSSR count). The van der Waals surface area contributed by atoms with Gasteiger partial charge in [-0.05, 0) is 17.7 Å². The van der Waals surface area contributed by atoms with E-state index < -0.39 is 5.56 Å². The molecule has 3 heterocycles. The van der Waals surface area contributed by atoms with Crippen LogP contribution in [0.25, 0.3) is 16.8 Å². The molecule has 4 aromatic rings. The Hall–Kier alpha value is -4.11. The van der Waals surface area contributed by atoms with E-state index in [9.17, 15) is 14.7 Å². The monoisotopic (exact) mass is 432 g/mol. The predicted molar refractivity (Wildman–Crippen MR) is 115 cm³/mol. The number of carbonyl (C=O) groups is 1. The van der Waals surface area contributed by atoms with Crippen LogP contribution in [0.15, 0.2) is 65.7 Å². The highest BCUT2D eigenvalue weighted by atomic mass is 16.7. The van der Waals surface area contributed by atoms with Crippen molar-refractivity contribution in [2.24, 2.45) is 0 Å². The van der Waals surface area contributed by atoms with Crippen LogP contribution in [0.2, 0.25) is 0 Å². The van der Waals surface area contributed by atoms with Crippen molar-refractivity contribution in [2.75, 3.05) is 6.79 Å². The zero-order valence-corrected chi connectivity index (χ0v) is 17.0. The van der Waals surface area contributed by atoms with Crippen molar-refractivity contribution < 1.29 is 19.4 Å². The standard InChI is InChI=1S/C23H20N4O5/c28-13-17-21(16-4-2-1-3-5-16)25-27-9-8-26(23(30)22(17)27)12-20(29)24-11-15-6-7-18-19(10-15)32-14-31-18/h1-10,28H,11-14H2,(H,24,29). The van der Waals surface area contributed by atoms with Gasteiger partial charge in [-0.3, -0.25) is 9.59 Å². The second-order valence-electron chi connectivity index (χ2n) is 7.34. The van der Waals surface area contributed by atoms with Gasteiger partial charge in [-0.25, -0.2) is 4.52 Å². The minimum absolute atomic E-state index is 0.156. The minimum atomic E-state index is -0.399. The lowest BCUT2D eigenvalue weighted by atomic mass is 10.1. The van der Waals surface area contributed by atoms with Crippen molar-refractivity contribution in [1.82, 2.24) is 19.5 Å². The Morgan fingerprint density at radius 2 is 1.91 bits per heavy atom. The zero-order chi connectivity index (χ0) is 22.1. The summed E-state index contributed by atoms with van der Waals surface area (Å²) < 4.78 is 13.4. The molecule has 0 unspecified atom stereocenters. The van der Waals surface area contributed by atoms with Gasteiger partial charge in [0.15, 0.2) is 11.5 Å². The number of aliphatic hydroxyl groups excluding tert-OH is 1. The summed E-state index contributed by atoms with van der Waals surface area (Å²) in [6.07, 6.45) is 3.12. The fourth-order valence-corrected chi connectivity index (χ4v) is 3.72. The lowest BCUT2D eigenvalue weighted by Crippen LogP contribution is -2.32. The number of carbonyl (C=O) groups excluding carboxylic acids is 1. The molecule has 0 bridgehead atoms. The molecule has 2 N–H and O–H groups in total. The summed E-state index contributed by atoms with van der Waals surface area (Å²) >= 11 is 0. The maximum atomic E-state index is 13.1. The third-order valence-corrected chi connectivity index (χ3v) is 5.31. The maximum Gasteiger partial charge on any atom is 0.277 e. The van der Waals surface area contributed by atoms with Gasteiger partial charge in [0.05, 0.1) is 12.3 Å². The number of aromatic nitrogens is 3. The van der Waals surface area contributed by atoms with Gasteiger partial charge in [0, 0.05) is 30.1 Å². The number of nitrogens with one attached hydrogen (secondary N) is 1. The topological polar surface area (TPSA) is 107 Å². The summed E-state index contributed by atoms with van der Waals surface area (Å²) in [5.41, 5.74) is 2.47. The highest BCUT2D eigenvalue weighted by molar-refractivity contribution is 5.76. The molecule has 162 valence electrons. The van der Waals surface area contributed by atoms with Gasteiger partial charge in [0.25, 0.3) is 5.56 Å². The molecule has 2 aromatic heterocycles. The van der Waals surface area contributed by atoms with Crippen molar-refractivity contribution in [1.29, 1.82) is 0 Å². The van der Waals surface area contributed by atoms with E-state index >= 15 is 0 Å². The average Bonchev–Trinajstić information content (AvgIpc) is 3.44. The summed E-state index contributed by atoms with van der Waals surface area (Å²) in [6.45, 7) is -0.0218. The number of amides is 1. The first-order valence-electron chi connectivity index (χ1n) is 10.1. The molecule has 1 aliphatic heterocycles. The van der Waals surface area contributed by atoms with E-state index in [1.165, 1.54) is 15.3 Å². The summed E-state index contributed by atoms with van der Waals surface area (Å²) in [5, 5.41) is 17.2. The Morgan fingerprint density at radius 3 is 2.72 bits per heavy atom. The number of benzene rings is 2. The molecule has 0 atom stereocenters. The normalized spacial score (nSPS) is 12.3. The molecule has 0 radical (unpaired) electrons. The van der Waals surface area contributed by atoms with Gasteiger partial charge in [-0.2, -0.15) is 5.10 Å². The van der Waals surface area contributed by atoms with Crippen molar-refractivity contribution in [3.05, 3.63) is 82.4 Å². The van der Waals surface area contributed by atoms with E-state index in [0.29, 0.717) is 29.3 Å². The SMILES string of the molecule is O=C(Cn1ccn2nc(-c3ccccc3)c(CO)c2c1=O)NCc1ccc2c(c1)OCO2. The molecular formula is C23H20N4O5. The molecule has 1 amide bonds. The van der Waals surface area contributed by atoms with Gasteiger partial charge in [0.1, 0.15) is 12.1 Å². The van der Waals surface area contributed by atoms with Crippen LogP contribution < -0.4 is 20.3 Å². The Morgan fingerprint density at radius 1 is 1.09 bits per heavy atom. The second kappa shape index (κ2) is 8.20. The van der Waals surface area contributed by atoms with Crippen molar-refractivity contribution in [3.8, 4) is 22.8 Å². The molecule has 0 saturated heterocycles. The Balaban J connectivity index is 1.37. The van der Waals surface area contributed by atoms with Crippen molar-refractivity contribution in [2.45, 2.75) is 19.7 Å². The van der Waals surface area contributed by atoms with Gasteiger partial charge in [-0.1, -0.05) is 36.4 Å². The van der Waals surface area contributed by atoms with E-state index in [1.54, 1.807) is 12.3 Å². The van der Waals surface area contributed by atoms with E-state index in [0.717, 1.165) is 11.1 Å². The maximum absolute atomic E-state index is 13.1. The molecule has 2 aromatic carbocycles. The Bertz CT molecular complexity index is 1360. The minimum Gasteiger partial charge on any atom is -0.454 e. The van der Waals surface area contributed by atoms with Crippen LogP contribution in [-0.2, 0) is 24.5 Å². The van der Waals surface area contributed by atoms with Gasteiger partial charge in [0.2, 0.25) is 12.7 Å². The molecule has 0 spiro atoms. The van der Waals surface area contributed by atoms with Crippen molar-refractivity contribution >= 4 is 11.4 Å². The lowest BCUT2D eigenvalue weighted by molar-refractivity contribution is -0.121. The van der Waals surface area contributed by atoms with Crippen LogP contribution in [0.5, 0.6) is 11.5 Å². The van der Waals surface area contributed by atoms with Gasteiger partial charge >= 0.3 is 0 Å². The van der Waals surface area contributed by atoms with Crippen LogP contribution in [0.3, 0.4) is 0 Å². The summed E-state index contributed by atoms with van der Waals surface area (Å²) in [5.74, 6) is 1.00. The van der Waals surface area contributed by atoms with E-state index in [-0.39, 0.29) is 31.4 Å². The molecule has 0 fully saturated rings. The molecule has 9 heteroatoms. The fourth-order valence-electron chi connectivity index (χ4n) is 3.72. The first-order chi connectivity index (χ1) is 15.6. The fraction of sp³-hybridized carbons (Fsp3) is 0.174. The predicted octanol–water partition coefficient (Wildman–Crippen LogP) is 1.70. The van der Waals surface area contributed by atoms with Gasteiger partial charge < -0.3 is 24.5 Å². The van der Waals surface area contributed by atoms with E-state index in [1.807, 2.05) is 42.5 Å². The quantitative estimate of drug-likeness (QED) is 0.480. The van der Waals surface area contributed by atoms with Crippen LogP contribution in [0, 0.1) is 0 Å². The molecule has 32 heavy (non-hydrogen) atoms. The molecule has 1 aliphatic rings. The van der Waals surface area contributed by atoms with Crippen LogP contribution in [-0.4, -0.2) is 32.0 Å². The number of hydrogen-bond donors (Lipinski definition) is 2. The smallest absolute Gasteiger partial charge is 0.277 e. The average molecular weight is 432 g/mol. The summed E-state index contributed by atoms with van der Waals surface area (Å²) in [4.78, 5) is 25.6. The molecular weight excluding hydrogens is 412 g/mol. The number of rotatable bonds is 6. The van der Waals surface area contributed by atoms with Crippen molar-refractivity contribution in [3.63, 3.8) is 0 Å². The highest BCUT2D eigenvalue weighted by Crippen LogP contribution is 2.32. The lowest BCUT2D eigenvalue weighted by Gasteiger charge is -2.09. The number of fused-ring (bicyclic) bond motifs is 2. The first-order valence-corrected chi connectivity index (χ1v) is 10.1. The number of nitrogens with zero attached hydrogens (tertiary/aromatic N) is 3. The van der Waals surface area contributed by atoms with Crippen LogP contribution in [0.1, 0.15) is 11.1 Å². The third-order valence-electron chi connectivity index (χ3n) is 5.31. The number of hydrogen-bond acceptors (Lipinski definition) is 6. The summed E-state index contributed by atoms with van der Waals surface area (Å²) in [6, 6.07) is 14.8. The van der Waals surface area contributed by atoms with Crippen LogP contribution in [0.4, 0.5) is 0 Å². The second-order valence-corrected chi connectivity index (χ2v) is 7.34. The van der Waals surface area contributed by atoms with E-state index in [2.05, 4.69) is 10.4 Å². The van der Waals surface area contributed by atoms with Crippen LogP contribution >= 0.6 is 0 Å². The third kappa shape index (κ3) is 3.58. The first kappa shape index (κ1) is 19.8.